The average molecular weight is 370 g/mol. The highest BCUT2D eigenvalue weighted by Crippen LogP contribution is 2.22. The third-order valence-electron chi connectivity index (χ3n) is 2.59. The van der Waals surface area contributed by atoms with E-state index in [-0.39, 0.29) is 40.2 Å². The van der Waals surface area contributed by atoms with Crippen molar-refractivity contribution in [1.29, 1.82) is 0 Å². The molecule has 0 aromatic carbocycles. The van der Waals surface area contributed by atoms with Crippen LogP contribution in [0.2, 0.25) is 5.15 Å². The molecular formula is C16H24ClN5O3. The quantitative estimate of drug-likeness (QED) is 0.414. The number of nitrogen functional groups attached to an aromatic ring is 1. The molecule has 0 aliphatic rings. The van der Waals surface area contributed by atoms with Gasteiger partial charge in [0.25, 0.3) is 0 Å². The Balaban J connectivity index is 2.90. The van der Waals surface area contributed by atoms with E-state index in [0.29, 0.717) is 0 Å². The number of hydrogen-bond donors (Lipinski definition) is 3. The predicted octanol–water partition coefficient (Wildman–Crippen LogP) is 2.51. The monoisotopic (exact) mass is 369 g/mol. The van der Waals surface area contributed by atoms with Gasteiger partial charge in [0, 0.05) is 17.7 Å². The number of carbonyl (C=O) groups excluding carboxylic acids is 2. The van der Waals surface area contributed by atoms with Crippen molar-refractivity contribution in [2.75, 3.05) is 11.1 Å². The molecule has 138 valence electrons. The van der Waals surface area contributed by atoms with E-state index in [0.717, 1.165) is 0 Å². The average Bonchev–Trinajstić information content (AvgIpc) is 2.39. The second-order valence-corrected chi connectivity index (χ2v) is 7.14. The highest BCUT2D eigenvalue weighted by Gasteiger charge is 2.20. The number of anilines is 2. The number of aromatic nitrogens is 2. The molecule has 0 aliphatic heterocycles. The minimum Gasteiger partial charge on any atom is -0.426 e. The van der Waals surface area contributed by atoms with Crippen molar-refractivity contribution in [3.8, 4) is 0 Å². The maximum Gasteiger partial charge on any atom is 0.365 e. The molecule has 0 atom stereocenters. The molecule has 0 fully saturated rings. The van der Waals surface area contributed by atoms with E-state index >= 15 is 0 Å². The van der Waals surface area contributed by atoms with Gasteiger partial charge in [-0.15, -0.1) is 0 Å². The van der Waals surface area contributed by atoms with Crippen molar-refractivity contribution in [2.24, 2.45) is 0 Å². The van der Waals surface area contributed by atoms with Gasteiger partial charge in [0.1, 0.15) is 5.76 Å². The molecule has 9 heteroatoms. The lowest BCUT2D eigenvalue weighted by Crippen LogP contribution is -2.39. The molecule has 1 aromatic rings. The van der Waals surface area contributed by atoms with E-state index in [4.69, 9.17) is 22.1 Å². The number of halogens is 1. The van der Waals surface area contributed by atoms with E-state index in [9.17, 15) is 9.59 Å². The SMILES string of the molecule is C/C(=C/C(=O)NC(C)(C)C)OC(=O)c1nc(Cl)c(NC(C)C)nc1N. The first-order valence-electron chi connectivity index (χ1n) is 7.71. The number of allylic oxidation sites excluding steroid dienone is 1. The summed E-state index contributed by atoms with van der Waals surface area (Å²) in [6.07, 6.45) is 1.17. The first-order chi connectivity index (χ1) is 11.4. The van der Waals surface area contributed by atoms with Gasteiger partial charge in [-0.1, -0.05) is 11.6 Å². The number of nitrogens with one attached hydrogen (secondary N) is 2. The van der Waals surface area contributed by atoms with Gasteiger partial charge in [0.15, 0.2) is 22.5 Å². The lowest BCUT2D eigenvalue weighted by Gasteiger charge is -2.19. The molecule has 0 saturated carbocycles. The molecule has 4 N–H and O–H groups in total. The van der Waals surface area contributed by atoms with Crippen molar-refractivity contribution < 1.29 is 14.3 Å². The number of nitrogens with two attached hydrogens (primary N) is 1. The fourth-order valence-electron chi connectivity index (χ4n) is 1.76. The molecule has 1 heterocycles. The summed E-state index contributed by atoms with van der Waals surface area (Å²) in [4.78, 5) is 31.9. The fourth-order valence-corrected chi connectivity index (χ4v) is 1.94. The van der Waals surface area contributed by atoms with E-state index in [1.54, 1.807) is 0 Å². The van der Waals surface area contributed by atoms with Gasteiger partial charge in [-0.3, -0.25) is 4.79 Å². The van der Waals surface area contributed by atoms with Crippen molar-refractivity contribution in [2.45, 2.75) is 53.1 Å². The molecule has 8 nitrogen and oxygen atoms in total. The summed E-state index contributed by atoms with van der Waals surface area (Å²) in [5, 5.41) is 5.69. The fraction of sp³-hybridized carbons (Fsp3) is 0.500. The normalized spacial score (nSPS) is 12.1. The van der Waals surface area contributed by atoms with Gasteiger partial charge in [0.2, 0.25) is 5.91 Å². The van der Waals surface area contributed by atoms with Crippen LogP contribution in [0.1, 0.15) is 52.0 Å². The lowest BCUT2D eigenvalue weighted by atomic mass is 10.1. The third-order valence-corrected chi connectivity index (χ3v) is 2.85. The zero-order valence-corrected chi connectivity index (χ0v) is 16.0. The Morgan fingerprint density at radius 1 is 1.28 bits per heavy atom. The minimum atomic E-state index is -0.847. The highest BCUT2D eigenvalue weighted by molar-refractivity contribution is 6.32. The van der Waals surface area contributed by atoms with Gasteiger partial charge in [0.05, 0.1) is 0 Å². The minimum absolute atomic E-state index is 0.00181. The van der Waals surface area contributed by atoms with E-state index < -0.39 is 11.5 Å². The van der Waals surface area contributed by atoms with Crippen LogP contribution < -0.4 is 16.4 Å². The number of rotatable bonds is 5. The highest BCUT2D eigenvalue weighted by atomic mass is 35.5. The van der Waals surface area contributed by atoms with Gasteiger partial charge in [-0.05, 0) is 41.5 Å². The summed E-state index contributed by atoms with van der Waals surface area (Å²) >= 11 is 6.00. The molecule has 0 unspecified atom stereocenters. The summed E-state index contributed by atoms with van der Waals surface area (Å²) in [5.74, 6) is -0.979. The summed E-state index contributed by atoms with van der Waals surface area (Å²) in [7, 11) is 0. The number of hydrogen-bond acceptors (Lipinski definition) is 7. The standard InChI is InChI=1S/C16H24ClN5O3/c1-8(2)19-14-12(17)20-11(13(18)21-14)15(24)25-9(3)7-10(23)22-16(4,5)6/h7-8H,1-6H3,(H,22,23)(H3,18,19,21)/b9-7-. The Hall–Kier alpha value is -2.35. The largest absolute Gasteiger partial charge is 0.426 e. The summed E-state index contributed by atoms with van der Waals surface area (Å²) < 4.78 is 5.08. The lowest BCUT2D eigenvalue weighted by molar-refractivity contribution is -0.117. The maximum atomic E-state index is 12.2. The van der Waals surface area contributed by atoms with Crippen LogP contribution in [0.25, 0.3) is 0 Å². The Morgan fingerprint density at radius 2 is 1.88 bits per heavy atom. The Bertz CT molecular complexity index is 696. The van der Waals surface area contributed by atoms with E-state index in [2.05, 4.69) is 20.6 Å². The predicted molar refractivity (Wildman–Crippen MR) is 97.3 cm³/mol. The Morgan fingerprint density at radius 3 is 2.40 bits per heavy atom. The van der Waals surface area contributed by atoms with Crippen LogP contribution in [-0.4, -0.2) is 33.4 Å². The second-order valence-electron chi connectivity index (χ2n) is 6.78. The summed E-state index contributed by atoms with van der Waals surface area (Å²) in [6, 6.07) is 0.0653. The first-order valence-corrected chi connectivity index (χ1v) is 8.09. The molecule has 1 aromatic heterocycles. The maximum absolute atomic E-state index is 12.2. The molecule has 0 saturated heterocycles. The smallest absolute Gasteiger partial charge is 0.365 e. The van der Waals surface area contributed by atoms with Crippen LogP contribution in [0.3, 0.4) is 0 Å². The van der Waals surface area contributed by atoms with Crippen LogP contribution in [-0.2, 0) is 9.53 Å². The topological polar surface area (TPSA) is 119 Å². The van der Waals surface area contributed by atoms with Crippen molar-refractivity contribution in [1.82, 2.24) is 15.3 Å². The zero-order valence-electron chi connectivity index (χ0n) is 15.2. The van der Waals surface area contributed by atoms with Gasteiger partial charge >= 0.3 is 5.97 Å². The van der Waals surface area contributed by atoms with Gasteiger partial charge < -0.3 is 21.1 Å². The number of carbonyl (C=O) groups is 2. The van der Waals surface area contributed by atoms with Crippen LogP contribution in [0, 0.1) is 0 Å². The van der Waals surface area contributed by atoms with Crippen molar-refractivity contribution >= 4 is 35.1 Å². The van der Waals surface area contributed by atoms with E-state index in [1.165, 1.54) is 13.0 Å². The molecule has 25 heavy (non-hydrogen) atoms. The molecular weight excluding hydrogens is 346 g/mol. The number of esters is 1. The number of amides is 1. The second kappa shape index (κ2) is 8.15. The van der Waals surface area contributed by atoms with E-state index in [1.807, 2.05) is 34.6 Å². The third kappa shape index (κ3) is 6.96. The Kier molecular flexibility index (Phi) is 6.75. The molecule has 0 radical (unpaired) electrons. The molecule has 0 bridgehead atoms. The summed E-state index contributed by atoms with van der Waals surface area (Å²) in [6.45, 7) is 10.8. The van der Waals surface area contributed by atoms with Crippen molar-refractivity contribution in [3.63, 3.8) is 0 Å². The summed E-state index contributed by atoms with van der Waals surface area (Å²) in [5.41, 5.74) is 5.13. The zero-order chi connectivity index (χ0) is 19.4. The number of nitrogens with zero attached hydrogens (tertiary/aromatic N) is 2. The van der Waals surface area contributed by atoms with Gasteiger partial charge in [-0.2, -0.15) is 0 Å². The van der Waals surface area contributed by atoms with Crippen LogP contribution in [0.4, 0.5) is 11.6 Å². The van der Waals surface area contributed by atoms with Crippen LogP contribution in [0.15, 0.2) is 11.8 Å². The molecule has 0 spiro atoms. The molecule has 1 amide bonds. The van der Waals surface area contributed by atoms with Crippen LogP contribution >= 0.6 is 11.6 Å². The molecule has 1 rings (SSSR count). The first kappa shape index (κ1) is 20.7. The van der Waals surface area contributed by atoms with Crippen LogP contribution in [0.5, 0.6) is 0 Å². The van der Waals surface area contributed by atoms with Gasteiger partial charge in [-0.25, -0.2) is 14.8 Å². The number of ether oxygens (including phenoxy) is 1. The van der Waals surface area contributed by atoms with Crippen molar-refractivity contribution in [3.05, 3.63) is 22.7 Å². The Labute approximate surface area is 152 Å². The molecule has 0 aliphatic carbocycles.